The van der Waals surface area contributed by atoms with E-state index in [1.807, 2.05) is 14.0 Å². The quantitative estimate of drug-likeness (QED) is 0.691. The van der Waals surface area contributed by atoms with Crippen LogP contribution in [-0.2, 0) is 4.74 Å². The second-order valence-electron chi connectivity index (χ2n) is 9.91. The Hall–Kier alpha value is -0.600. The molecule has 1 N–H and O–H groups in total. The maximum absolute atomic E-state index is 10.7. The molecule has 25 heavy (non-hydrogen) atoms. The molecule has 4 aliphatic rings. The van der Waals surface area contributed by atoms with Crippen LogP contribution in [0.15, 0.2) is 23.3 Å². The van der Waals surface area contributed by atoms with Gasteiger partial charge < -0.3 is 9.84 Å². The van der Waals surface area contributed by atoms with Gasteiger partial charge in [0, 0.05) is 12.5 Å². The zero-order valence-corrected chi connectivity index (χ0v) is 16.6. The maximum Gasteiger partial charge on any atom is 0.0657 e. The third kappa shape index (κ3) is 2.51. The highest BCUT2D eigenvalue weighted by Crippen LogP contribution is 2.66. The first-order valence-electron chi connectivity index (χ1n) is 10.4. The highest BCUT2D eigenvalue weighted by Gasteiger charge is 2.59. The Morgan fingerprint density at radius 3 is 2.72 bits per heavy atom. The van der Waals surface area contributed by atoms with Crippen LogP contribution in [0.5, 0.6) is 0 Å². The number of rotatable bonds is 2. The summed E-state index contributed by atoms with van der Waals surface area (Å²) in [5.41, 5.74) is 3.35. The van der Waals surface area contributed by atoms with Crippen molar-refractivity contribution in [3.05, 3.63) is 23.3 Å². The molecule has 0 radical (unpaired) electrons. The van der Waals surface area contributed by atoms with E-state index in [1.54, 1.807) is 5.57 Å². The van der Waals surface area contributed by atoms with Crippen molar-refractivity contribution >= 4 is 0 Å². The first-order valence-corrected chi connectivity index (χ1v) is 10.4. The summed E-state index contributed by atoms with van der Waals surface area (Å²) in [6.45, 7) is 7.65. The van der Waals surface area contributed by atoms with Crippen molar-refractivity contribution in [2.45, 2.75) is 77.7 Å². The average Bonchev–Trinajstić information content (AvgIpc) is 2.91. The van der Waals surface area contributed by atoms with E-state index in [9.17, 15) is 5.11 Å². The summed E-state index contributed by atoms with van der Waals surface area (Å²) >= 11 is 0. The number of fused-ring (bicyclic) bond motifs is 5. The van der Waals surface area contributed by atoms with E-state index >= 15 is 0 Å². The lowest BCUT2D eigenvalue weighted by Crippen LogP contribution is -2.54. The molecule has 0 saturated heterocycles. The highest BCUT2D eigenvalue weighted by atomic mass is 16.5. The fourth-order valence-corrected chi connectivity index (χ4v) is 7.46. The molecular formula is C23H36O2. The van der Waals surface area contributed by atoms with E-state index in [0.717, 1.165) is 43.6 Å². The standard InChI is InChI=1S/C23H36O2/c1-5-16-7-9-19-18-8-6-17-14-21(2,24)12-13-23(17,15-25-4)20(18)10-11-22(16,19)3/h5-6,18-20,24H,7-15H2,1-4H3/b16-5-/t18-,19-,20-,21-,22+,23+/m0/s1. The van der Waals surface area contributed by atoms with Crippen LogP contribution in [0.1, 0.15) is 72.1 Å². The maximum atomic E-state index is 10.7. The van der Waals surface area contributed by atoms with Crippen molar-refractivity contribution < 1.29 is 9.84 Å². The monoisotopic (exact) mass is 344 g/mol. The van der Waals surface area contributed by atoms with Gasteiger partial charge in [-0.1, -0.05) is 30.2 Å². The molecule has 0 heterocycles. The van der Waals surface area contributed by atoms with Gasteiger partial charge in [-0.3, -0.25) is 0 Å². The summed E-state index contributed by atoms with van der Waals surface area (Å²) in [6.07, 6.45) is 14.4. The van der Waals surface area contributed by atoms with Crippen LogP contribution in [0, 0.1) is 28.6 Å². The average molecular weight is 345 g/mol. The van der Waals surface area contributed by atoms with Crippen molar-refractivity contribution in [3.8, 4) is 0 Å². The first-order chi connectivity index (χ1) is 11.9. The summed E-state index contributed by atoms with van der Waals surface area (Å²) < 4.78 is 5.80. The van der Waals surface area contributed by atoms with Crippen LogP contribution in [0.3, 0.4) is 0 Å². The Morgan fingerprint density at radius 1 is 1.20 bits per heavy atom. The zero-order chi connectivity index (χ0) is 17.9. The molecule has 3 saturated carbocycles. The molecule has 0 aromatic carbocycles. The molecule has 2 nitrogen and oxygen atoms in total. The molecule has 6 atom stereocenters. The second-order valence-corrected chi connectivity index (χ2v) is 9.91. The normalized spacial score (nSPS) is 50.8. The van der Waals surface area contributed by atoms with E-state index in [1.165, 1.54) is 37.7 Å². The summed E-state index contributed by atoms with van der Waals surface area (Å²) in [7, 11) is 1.86. The lowest BCUT2D eigenvalue weighted by molar-refractivity contribution is -0.0836. The second kappa shape index (κ2) is 5.96. The summed E-state index contributed by atoms with van der Waals surface area (Å²) in [6, 6.07) is 0. The third-order valence-electron chi connectivity index (χ3n) is 8.70. The minimum Gasteiger partial charge on any atom is -0.390 e. The predicted octanol–water partition coefficient (Wildman–Crippen LogP) is 5.27. The lowest BCUT2D eigenvalue weighted by Gasteiger charge is -2.59. The van der Waals surface area contributed by atoms with Crippen molar-refractivity contribution in [3.63, 3.8) is 0 Å². The van der Waals surface area contributed by atoms with Crippen LogP contribution in [-0.4, -0.2) is 24.4 Å². The Balaban J connectivity index is 1.71. The van der Waals surface area contributed by atoms with Gasteiger partial charge in [-0.25, -0.2) is 0 Å². The largest absolute Gasteiger partial charge is 0.390 e. The minimum absolute atomic E-state index is 0.194. The highest BCUT2D eigenvalue weighted by molar-refractivity contribution is 5.30. The number of hydrogen-bond acceptors (Lipinski definition) is 2. The van der Waals surface area contributed by atoms with E-state index < -0.39 is 5.60 Å². The van der Waals surface area contributed by atoms with Gasteiger partial charge in [-0.15, -0.1) is 0 Å². The van der Waals surface area contributed by atoms with Gasteiger partial charge in [0.15, 0.2) is 0 Å². The van der Waals surface area contributed by atoms with Gasteiger partial charge in [-0.2, -0.15) is 0 Å². The molecular weight excluding hydrogens is 308 g/mol. The van der Waals surface area contributed by atoms with Gasteiger partial charge in [0.2, 0.25) is 0 Å². The Kier molecular flexibility index (Phi) is 4.24. The molecule has 3 fully saturated rings. The molecule has 2 heteroatoms. The summed E-state index contributed by atoms with van der Waals surface area (Å²) in [4.78, 5) is 0. The van der Waals surface area contributed by atoms with Crippen molar-refractivity contribution in [2.24, 2.45) is 28.6 Å². The SMILES string of the molecule is C/C=C1/CC[C@H]2[C@@H]3CC=C4C[C@@](C)(O)CC[C@]4(COC)[C@H]3CC[C@]12C. The van der Waals surface area contributed by atoms with E-state index in [4.69, 9.17) is 4.74 Å². The number of allylic oxidation sites excluding steroid dienone is 3. The molecule has 0 amide bonds. The zero-order valence-electron chi connectivity index (χ0n) is 16.6. The Labute approximate surface area is 153 Å². The van der Waals surface area contributed by atoms with Crippen LogP contribution in [0.25, 0.3) is 0 Å². The van der Waals surface area contributed by atoms with Crippen molar-refractivity contribution in [2.75, 3.05) is 13.7 Å². The molecule has 0 aromatic rings. The molecule has 0 unspecified atom stereocenters. The summed E-state index contributed by atoms with van der Waals surface area (Å²) in [5, 5.41) is 10.7. The van der Waals surface area contributed by atoms with Crippen LogP contribution >= 0.6 is 0 Å². The fourth-order valence-electron chi connectivity index (χ4n) is 7.46. The van der Waals surface area contributed by atoms with E-state index in [2.05, 4.69) is 26.0 Å². The fraction of sp³-hybridized carbons (Fsp3) is 0.826. The molecule has 0 aromatic heterocycles. The molecule has 4 rings (SSSR count). The lowest BCUT2D eigenvalue weighted by atomic mass is 9.46. The Bertz CT molecular complexity index is 601. The van der Waals surface area contributed by atoms with Gasteiger partial charge >= 0.3 is 0 Å². The molecule has 0 aliphatic heterocycles. The minimum atomic E-state index is -0.523. The third-order valence-corrected chi connectivity index (χ3v) is 8.70. The topological polar surface area (TPSA) is 29.5 Å². The molecule has 0 spiro atoms. The van der Waals surface area contributed by atoms with Gasteiger partial charge in [0.1, 0.15) is 0 Å². The Morgan fingerprint density at radius 2 is 2.00 bits per heavy atom. The number of aliphatic hydroxyl groups is 1. The number of methoxy groups -OCH3 is 1. The van der Waals surface area contributed by atoms with Crippen molar-refractivity contribution in [1.29, 1.82) is 0 Å². The van der Waals surface area contributed by atoms with Crippen LogP contribution < -0.4 is 0 Å². The van der Waals surface area contributed by atoms with Gasteiger partial charge in [-0.05, 0) is 88.4 Å². The molecule has 4 aliphatic carbocycles. The van der Waals surface area contributed by atoms with Gasteiger partial charge in [0.05, 0.1) is 12.2 Å². The predicted molar refractivity (Wildman–Crippen MR) is 102 cm³/mol. The number of ether oxygens (including phenoxy) is 1. The van der Waals surface area contributed by atoms with Crippen LogP contribution in [0.2, 0.25) is 0 Å². The first kappa shape index (κ1) is 17.8. The van der Waals surface area contributed by atoms with E-state index in [0.29, 0.717) is 5.41 Å². The number of hydrogen-bond donors (Lipinski definition) is 1. The van der Waals surface area contributed by atoms with Crippen molar-refractivity contribution in [1.82, 2.24) is 0 Å². The summed E-state index contributed by atoms with van der Waals surface area (Å²) in [5.74, 6) is 2.39. The molecule has 140 valence electrons. The van der Waals surface area contributed by atoms with E-state index in [-0.39, 0.29) is 5.41 Å². The van der Waals surface area contributed by atoms with Gasteiger partial charge in [0.25, 0.3) is 0 Å². The van der Waals surface area contributed by atoms with Crippen LogP contribution in [0.4, 0.5) is 0 Å². The molecule has 0 bridgehead atoms. The smallest absolute Gasteiger partial charge is 0.0657 e.